The van der Waals surface area contributed by atoms with Gasteiger partial charge in [-0.3, -0.25) is 9.59 Å². The van der Waals surface area contributed by atoms with E-state index in [4.69, 9.17) is 18.9 Å². The molecule has 9 heteroatoms. The summed E-state index contributed by atoms with van der Waals surface area (Å²) in [5, 5.41) is 11.8. The van der Waals surface area contributed by atoms with Crippen molar-refractivity contribution < 1.29 is 42.9 Å². The summed E-state index contributed by atoms with van der Waals surface area (Å²) in [6, 6.07) is 0. The van der Waals surface area contributed by atoms with Crippen LogP contribution in [0, 0.1) is 0 Å². The number of aliphatic carboxylic acids is 1. The number of hydrogen-bond donors (Lipinski definition) is 0. The van der Waals surface area contributed by atoms with E-state index in [1.165, 1.54) is 276 Å². The second-order valence-corrected chi connectivity index (χ2v) is 23.8. The maximum absolute atomic E-state index is 12.9. The molecule has 74 heavy (non-hydrogen) atoms. The van der Waals surface area contributed by atoms with Gasteiger partial charge in [-0.05, 0) is 12.8 Å². The highest BCUT2D eigenvalue weighted by Crippen LogP contribution is 2.19. The second kappa shape index (κ2) is 57.5. The summed E-state index contributed by atoms with van der Waals surface area (Å²) < 4.78 is 22.7. The number of carbonyl (C=O) groups excluding carboxylic acids is 3. The van der Waals surface area contributed by atoms with Gasteiger partial charge < -0.3 is 33.3 Å². The number of esters is 2. The molecule has 0 amide bonds. The molecule has 9 nitrogen and oxygen atoms in total. The molecule has 440 valence electrons. The van der Waals surface area contributed by atoms with E-state index in [0.29, 0.717) is 17.4 Å². The number of carboxylic acids is 1. The fourth-order valence-electron chi connectivity index (χ4n) is 10.1. The van der Waals surface area contributed by atoms with Crippen molar-refractivity contribution in [1.29, 1.82) is 0 Å². The third-order valence-corrected chi connectivity index (χ3v) is 15.1. The Hall–Kier alpha value is -1.71. The second-order valence-electron chi connectivity index (χ2n) is 23.8. The Morgan fingerprint density at radius 3 is 0.865 bits per heavy atom. The third kappa shape index (κ3) is 58.0. The van der Waals surface area contributed by atoms with E-state index in [-0.39, 0.29) is 32.2 Å². The van der Waals surface area contributed by atoms with Crippen LogP contribution in [-0.4, -0.2) is 82.3 Å². The normalized spacial score (nSPS) is 12.6. The lowest BCUT2D eigenvalue weighted by Gasteiger charge is -2.26. The highest BCUT2D eigenvalue weighted by molar-refractivity contribution is 5.70. The third-order valence-electron chi connectivity index (χ3n) is 15.1. The van der Waals surface area contributed by atoms with Gasteiger partial charge in [0.25, 0.3) is 0 Å². The van der Waals surface area contributed by atoms with Crippen molar-refractivity contribution >= 4 is 17.9 Å². The summed E-state index contributed by atoms with van der Waals surface area (Å²) in [4.78, 5) is 37.3. The van der Waals surface area contributed by atoms with E-state index in [2.05, 4.69) is 13.8 Å². The fourth-order valence-corrected chi connectivity index (χ4v) is 10.1. The first-order chi connectivity index (χ1) is 36.1. The zero-order valence-electron chi connectivity index (χ0n) is 50.3. The van der Waals surface area contributed by atoms with E-state index < -0.39 is 24.3 Å². The molecule has 0 aromatic rings. The fraction of sp³-hybridized carbons (Fsp3) is 0.954. The molecule has 2 unspecified atom stereocenters. The van der Waals surface area contributed by atoms with E-state index in [9.17, 15) is 19.5 Å². The Bertz CT molecular complexity index is 1180. The molecule has 0 bridgehead atoms. The summed E-state index contributed by atoms with van der Waals surface area (Å²) in [5.74, 6) is -2.25. The van der Waals surface area contributed by atoms with Gasteiger partial charge in [0.1, 0.15) is 13.2 Å². The number of hydrogen-bond acceptors (Lipinski definition) is 8. The van der Waals surface area contributed by atoms with Gasteiger partial charge in [0.15, 0.2) is 12.4 Å². The van der Waals surface area contributed by atoms with Crippen LogP contribution in [0.1, 0.15) is 341 Å². The number of carboxylic acid groups (broad SMARTS) is 1. The first kappa shape index (κ1) is 72.3. The minimum absolute atomic E-state index is 0.153. The van der Waals surface area contributed by atoms with Crippen molar-refractivity contribution in [2.75, 3.05) is 47.5 Å². The molecule has 0 aliphatic heterocycles. The maximum Gasteiger partial charge on any atom is 0.306 e. The number of likely N-dealkylation sites (N-methyl/N-ethyl adjacent to an activating group) is 1. The molecule has 0 rings (SSSR count). The van der Waals surface area contributed by atoms with Gasteiger partial charge in [0.2, 0.25) is 0 Å². The Morgan fingerprint density at radius 1 is 0.351 bits per heavy atom. The first-order valence-corrected chi connectivity index (χ1v) is 32.7. The molecule has 0 fully saturated rings. The highest BCUT2D eigenvalue weighted by Gasteiger charge is 2.22. The van der Waals surface area contributed by atoms with E-state index in [1.54, 1.807) is 0 Å². The van der Waals surface area contributed by atoms with Crippen molar-refractivity contribution in [2.45, 2.75) is 354 Å². The van der Waals surface area contributed by atoms with Crippen LogP contribution in [0.25, 0.3) is 0 Å². The zero-order chi connectivity index (χ0) is 54.1. The predicted molar refractivity (Wildman–Crippen MR) is 311 cm³/mol. The number of carbonyl (C=O) groups is 3. The summed E-state index contributed by atoms with van der Waals surface area (Å²) in [5.41, 5.74) is 0. The van der Waals surface area contributed by atoms with Crippen LogP contribution in [0.15, 0.2) is 0 Å². The number of ether oxygens (including phenoxy) is 4. The van der Waals surface area contributed by atoms with Crippen LogP contribution in [0.2, 0.25) is 0 Å². The molecule has 0 saturated heterocycles. The molecule has 0 aliphatic rings. The largest absolute Gasteiger partial charge is 0.545 e. The lowest BCUT2D eigenvalue weighted by atomic mass is 10.0. The lowest BCUT2D eigenvalue weighted by molar-refractivity contribution is -0.870. The Balaban J connectivity index is 3.95. The summed E-state index contributed by atoms with van der Waals surface area (Å²) in [6.07, 6.45) is 63.4. The average molecular weight is 1050 g/mol. The minimum atomic E-state index is -1.61. The van der Waals surface area contributed by atoms with E-state index in [1.807, 2.05) is 21.1 Å². The monoisotopic (exact) mass is 1050 g/mol. The maximum atomic E-state index is 12.9. The van der Waals surface area contributed by atoms with Crippen molar-refractivity contribution in [3.8, 4) is 0 Å². The standard InChI is InChI=1S/C65H127NO8/c1-6-8-10-12-14-16-18-20-22-23-24-25-26-27-28-29-30-31-32-33-34-35-36-37-38-39-40-41-42-44-46-48-50-52-54-56-63(68)74-61(60-73-65(64(69)70)71-58-57-66(3,4)5)59-72-62(67)55-53-51-49-47-45-43-21-19-17-15-13-11-9-7-2/h61,65H,6-60H2,1-5H3. The van der Waals surface area contributed by atoms with Gasteiger partial charge in [-0.1, -0.05) is 316 Å². The van der Waals surface area contributed by atoms with Gasteiger partial charge in [-0.15, -0.1) is 0 Å². The van der Waals surface area contributed by atoms with Crippen LogP contribution in [0.4, 0.5) is 0 Å². The SMILES string of the molecule is CCCCCCCCCCCCCCCCCCCCCCCCCCCCCCCCCCCCCC(=O)OC(COC(=O)CCCCCCCCCCCCCCCC)COC(OCC[N+](C)(C)C)C(=O)[O-]. The predicted octanol–water partition coefficient (Wildman–Crippen LogP) is 18.2. The van der Waals surface area contributed by atoms with Crippen molar-refractivity contribution in [1.82, 2.24) is 0 Å². The highest BCUT2D eigenvalue weighted by atomic mass is 16.7. The van der Waals surface area contributed by atoms with Crippen LogP contribution in [-0.2, 0) is 33.3 Å². The Morgan fingerprint density at radius 2 is 0.608 bits per heavy atom. The number of nitrogens with zero attached hydrogens (tertiary/aromatic N) is 1. The van der Waals surface area contributed by atoms with Gasteiger partial charge in [-0.2, -0.15) is 0 Å². The van der Waals surface area contributed by atoms with Crippen molar-refractivity contribution in [3.63, 3.8) is 0 Å². The molecule has 2 atom stereocenters. The van der Waals surface area contributed by atoms with E-state index >= 15 is 0 Å². The molecule has 0 aromatic heterocycles. The molecular formula is C65H127NO8. The van der Waals surface area contributed by atoms with Gasteiger partial charge in [-0.25, -0.2) is 0 Å². The molecule has 0 aromatic carbocycles. The smallest absolute Gasteiger partial charge is 0.306 e. The quantitative estimate of drug-likeness (QED) is 0.0256. The molecular weight excluding hydrogens is 923 g/mol. The lowest BCUT2D eigenvalue weighted by Crippen LogP contribution is -2.44. The number of rotatable bonds is 62. The van der Waals surface area contributed by atoms with Crippen molar-refractivity contribution in [3.05, 3.63) is 0 Å². The first-order valence-electron chi connectivity index (χ1n) is 32.7. The molecule has 0 N–H and O–H groups in total. The minimum Gasteiger partial charge on any atom is -0.545 e. The zero-order valence-corrected chi connectivity index (χ0v) is 50.3. The van der Waals surface area contributed by atoms with Gasteiger partial charge in [0.05, 0.1) is 40.3 Å². The average Bonchev–Trinajstić information content (AvgIpc) is 3.37. The van der Waals surface area contributed by atoms with Gasteiger partial charge >= 0.3 is 11.9 Å². The Labute approximate surface area is 460 Å². The molecule has 0 radical (unpaired) electrons. The van der Waals surface area contributed by atoms with Crippen LogP contribution in [0.3, 0.4) is 0 Å². The van der Waals surface area contributed by atoms with Crippen molar-refractivity contribution in [2.24, 2.45) is 0 Å². The van der Waals surface area contributed by atoms with Crippen LogP contribution >= 0.6 is 0 Å². The topological polar surface area (TPSA) is 111 Å². The summed E-state index contributed by atoms with van der Waals surface area (Å²) in [6.45, 7) is 4.82. The summed E-state index contributed by atoms with van der Waals surface area (Å²) >= 11 is 0. The number of unbranched alkanes of at least 4 members (excludes halogenated alkanes) is 47. The Kier molecular flexibility index (Phi) is 56.1. The summed E-state index contributed by atoms with van der Waals surface area (Å²) in [7, 11) is 5.94. The van der Waals surface area contributed by atoms with Crippen LogP contribution < -0.4 is 5.11 Å². The van der Waals surface area contributed by atoms with Crippen LogP contribution in [0.5, 0.6) is 0 Å². The molecule has 0 heterocycles. The van der Waals surface area contributed by atoms with Gasteiger partial charge in [0, 0.05) is 12.8 Å². The number of quaternary nitrogens is 1. The van der Waals surface area contributed by atoms with E-state index in [0.717, 1.165) is 38.5 Å². The molecule has 0 saturated carbocycles. The molecule has 0 spiro atoms. The molecule has 0 aliphatic carbocycles.